The molecule has 5 nitrogen and oxygen atoms in total. The van der Waals surface area contributed by atoms with Crippen LogP contribution in [0.2, 0.25) is 0 Å². The Hall–Kier alpha value is -1.62. The second-order valence-electron chi connectivity index (χ2n) is 3.84. The van der Waals surface area contributed by atoms with Gasteiger partial charge < -0.3 is 10.8 Å². The van der Waals surface area contributed by atoms with Crippen LogP contribution in [0.3, 0.4) is 0 Å². The number of hydrogen-bond acceptors (Lipinski definition) is 4. The van der Waals surface area contributed by atoms with Gasteiger partial charge in [-0.2, -0.15) is 0 Å². The SMILES string of the molecule is NCC1CC1c1ccc(O)c([N+](=O)[O-])c1. The van der Waals surface area contributed by atoms with Crippen molar-refractivity contribution in [2.24, 2.45) is 11.7 Å². The predicted molar refractivity (Wildman–Crippen MR) is 54.7 cm³/mol. The molecule has 2 unspecified atom stereocenters. The van der Waals surface area contributed by atoms with Gasteiger partial charge in [0.15, 0.2) is 5.75 Å². The molecular formula is C10H12N2O3. The summed E-state index contributed by atoms with van der Waals surface area (Å²) >= 11 is 0. The average molecular weight is 208 g/mol. The van der Waals surface area contributed by atoms with Gasteiger partial charge in [-0.15, -0.1) is 0 Å². The van der Waals surface area contributed by atoms with Gasteiger partial charge in [-0.05, 0) is 36.4 Å². The number of nitro benzene ring substituents is 1. The summed E-state index contributed by atoms with van der Waals surface area (Å²) in [5.41, 5.74) is 6.18. The standard InChI is InChI=1S/C10H12N2O3/c11-5-7-3-8(7)6-1-2-10(13)9(4-6)12(14)15/h1-2,4,7-8,13H,3,5,11H2. The van der Waals surface area contributed by atoms with E-state index < -0.39 is 4.92 Å². The maximum Gasteiger partial charge on any atom is 0.310 e. The first-order valence-corrected chi connectivity index (χ1v) is 4.81. The Kier molecular flexibility index (Phi) is 2.32. The summed E-state index contributed by atoms with van der Waals surface area (Å²) in [7, 11) is 0. The Labute approximate surface area is 86.7 Å². The van der Waals surface area contributed by atoms with E-state index in [-0.39, 0.29) is 11.4 Å². The number of benzene rings is 1. The summed E-state index contributed by atoms with van der Waals surface area (Å²) in [5.74, 6) is 0.483. The van der Waals surface area contributed by atoms with Crippen molar-refractivity contribution in [3.05, 3.63) is 33.9 Å². The third-order valence-electron chi connectivity index (χ3n) is 2.85. The molecule has 0 heterocycles. The minimum absolute atomic E-state index is 0.227. The molecule has 15 heavy (non-hydrogen) atoms. The first-order valence-electron chi connectivity index (χ1n) is 4.81. The molecule has 0 amide bonds. The summed E-state index contributed by atoms with van der Waals surface area (Å²) in [6.45, 7) is 0.610. The van der Waals surface area contributed by atoms with Crippen molar-refractivity contribution in [2.75, 3.05) is 6.54 Å². The number of phenolic OH excluding ortho intramolecular Hbond substituents is 1. The van der Waals surface area contributed by atoms with Crippen molar-refractivity contribution in [3.63, 3.8) is 0 Å². The van der Waals surface area contributed by atoms with Gasteiger partial charge in [0.05, 0.1) is 4.92 Å². The fourth-order valence-corrected chi connectivity index (χ4v) is 1.83. The maximum atomic E-state index is 10.6. The van der Waals surface area contributed by atoms with E-state index in [2.05, 4.69) is 0 Å². The highest BCUT2D eigenvalue weighted by Crippen LogP contribution is 2.48. The molecule has 1 aliphatic carbocycles. The van der Waals surface area contributed by atoms with Crippen LogP contribution in [0, 0.1) is 16.0 Å². The van der Waals surface area contributed by atoms with Gasteiger partial charge in [-0.3, -0.25) is 10.1 Å². The van der Waals surface area contributed by atoms with E-state index in [1.54, 1.807) is 6.07 Å². The zero-order valence-electron chi connectivity index (χ0n) is 8.09. The van der Waals surface area contributed by atoms with Crippen LogP contribution >= 0.6 is 0 Å². The fraction of sp³-hybridized carbons (Fsp3) is 0.400. The van der Waals surface area contributed by atoms with Gasteiger partial charge in [0, 0.05) is 6.07 Å². The summed E-state index contributed by atoms with van der Waals surface area (Å²) in [6, 6.07) is 4.54. The molecule has 0 bridgehead atoms. The zero-order chi connectivity index (χ0) is 11.0. The van der Waals surface area contributed by atoms with Gasteiger partial charge in [-0.25, -0.2) is 0 Å². The van der Waals surface area contributed by atoms with Gasteiger partial charge >= 0.3 is 5.69 Å². The Bertz CT molecular complexity index is 406. The largest absolute Gasteiger partial charge is 0.502 e. The molecule has 2 atom stereocenters. The molecule has 0 saturated heterocycles. The predicted octanol–water partition coefficient (Wildman–Crippen LogP) is 1.36. The van der Waals surface area contributed by atoms with Gasteiger partial charge in [-0.1, -0.05) is 6.07 Å². The molecule has 0 radical (unpaired) electrons. The van der Waals surface area contributed by atoms with Crippen LogP contribution in [0.25, 0.3) is 0 Å². The van der Waals surface area contributed by atoms with Crippen LogP contribution in [0.4, 0.5) is 5.69 Å². The van der Waals surface area contributed by atoms with Crippen LogP contribution in [0.5, 0.6) is 5.75 Å². The monoisotopic (exact) mass is 208 g/mol. The van der Waals surface area contributed by atoms with E-state index in [1.165, 1.54) is 12.1 Å². The zero-order valence-corrected chi connectivity index (χ0v) is 8.09. The third kappa shape index (κ3) is 1.78. The van der Waals surface area contributed by atoms with Gasteiger partial charge in [0.1, 0.15) is 0 Å². The van der Waals surface area contributed by atoms with Crippen molar-refractivity contribution in [1.29, 1.82) is 0 Å². The smallest absolute Gasteiger partial charge is 0.310 e. The lowest BCUT2D eigenvalue weighted by Gasteiger charge is -2.01. The van der Waals surface area contributed by atoms with E-state index in [0.29, 0.717) is 18.4 Å². The Morgan fingerprint density at radius 2 is 2.33 bits per heavy atom. The second kappa shape index (κ2) is 3.51. The van der Waals surface area contributed by atoms with Crippen LogP contribution in [0.15, 0.2) is 18.2 Å². The maximum absolute atomic E-state index is 10.6. The molecule has 5 heteroatoms. The number of hydrogen-bond donors (Lipinski definition) is 2. The Morgan fingerprint density at radius 1 is 1.60 bits per heavy atom. The minimum atomic E-state index is -0.571. The van der Waals surface area contributed by atoms with Crippen LogP contribution in [-0.4, -0.2) is 16.6 Å². The lowest BCUT2D eigenvalue weighted by molar-refractivity contribution is -0.385. The van der Waals surface area contributed by atoms with Crippen LogP contribution in [-0.2, 0) is 0 Å². The Morgan fingerprint density at radius 3 is 2.87 bits per heavy atom. The van der Waals surface area contributed by atoms with Crippen molar-refractivity contribution in [3.8, 4) is 5.75 Å². The number of aromatic hydroxyl groups is 1. The molecule has 1 aromatic rings. The normalized spacial score (nSPS) is 23.8. The highest BCUT2D eigenvalue weighted by atomic mass is 16.6. The molecule has 1 fully saturated rings. The highest BCUT2D eigenvalue weighted by molar-refractivity contribution is 5.49. The fourth-order valence-electron chi connectivity index (χ4n) is 1.83. The van der Waals surface area contributed by atoms with E-state index in [4.69, 9.17) is 5.73 Å². The van der Waals surface area contributed by atoms with E-state index >= 15 is 0 Å². The molecule has 1 saturated carbocycles. The topological polar surface area (TPSA) is 89.4 Å². The molecule has 1 aromatic carbocycles. The number of nitro groups is 1. The molecule has 2 rings (SSSR count). The molecular weight excluding hydrogens is 196 g/mol. The second-order valence-corrected chi connectivity index (χ2v) is 3.84. The van der Waals surface area contributed by atoms with E-state index in [1.807, 2.05) is 0 Å². The van der Waals surface area contributed by atoms with Crippen LogP contribution in [0.1, 0.15) is 17.9 Å². The minimum Gasteiger partial charge on any atom is -0.502 e. The quantitative estimate of drug-likeness (QED) is 0.579. The first kappa shape index (κ1) is 9.92. The number of rotatable bonds is 3. The highest BCUT2D eigenvalue weighted by Gasteiger charge is 2.37. The lowest BCUT2D eigenvalue weighted by Crippen LogP contribution is -2.02. The lowest BCUT2D eigenvalue weighted by atomic mass is 10.1. The summed E-state index contributed by atoms with van der Waals surface area (Å²) in [5, 5.41) is 19.9. The van der Waals surface area contributed by atoms with Gasteiger partial charge in [0.25, 0.3) is 0 Å². The summed E-state index contributed by atoms with van der Waals surface area (Å²) in [4.78, 5) is 10.0. The molecule has 1 aliphatic rings. The molecule has 0 aromatic heterocycles. The molecule has 3 N–H and O–H groups in total. The summed E-state index contributed by atoms with van der Waals surface area (Å²) in [6.07, 6.45) is 0.985. The molecule has 0 aliphatic heterocycles. The first-order chi connectivity index (χ1) is 7.13. The molecule has 80 valence electrons. The van der Waals surface area contributed by atoms with Crippen molar-refractivity contribution in [1.82, 2.24) is 0 Å². The molecule has 0 spiro atoms. The average Bonchev–Trinajstić information content (AvgIpc) is 2.97. The van der Waals surface area contributed by atoms with Crippen molar-refractivity contribution < 1.29 is 10.0 Å². The number of phenols is 1. The number of nitrogens with two attached hydrogens (primary N) is 1. The number of nitrogens with zero attached hydrogens (tertiary/aromatic N) is 1. The van der Waals surface area contributed by atoms with Crippen molar-refractivity contribution >= 4 is 5.69 Å². The summed E-state index contributed by atoms with van der Waals surface area (Å²) < 4.78 is 0. The van der Waals surface area contributed by atoms with Crippen LogP contribution < -0.4 is 5.73 Å². The van der Waals surface area contributed by atoms with E-state index in [0.717, 1.165) is 12.0 Å². The Balaban J connectivity index is 2.28. The third-order valence-corrected chi connectivity index (χ3v) is 2.85. The van der Waals surface area contributed by atoms with Crippen molar-refractivity contribution in [2.45, 2.75) is 12.3 Å². The van der Waals surface area contributed by atoms with Gasteiger partial charge in [0.2, 0.25) is 0 Å². The van der Waals surface area contributed by atoms with E-state index in [9.17, 15) is 15.2 Å².